The number of fused-ring (bicyclic) bond motifs is 1. The van der Waals surface area contributed by atoms with Crippen LogP contribution in [0.1, 0.15) is 0 Å². The van der Waals surface area contributed by atoms with E-state index in [4.69, 9.17) is 4.74 Å². The van der Waals surface area contributed by atoms with Crippen molar-refractivity contribution < 1.29 is 4.74 Å². The summed E-state index contributed by atoms with van der Waals surface area (Å²) >= 11 is 0. The molecule has 2 heteroatoms. The smallest absolute Gasteiger partial charge is 0.119 e. The van der Waals surface area contributed by atoms with Crippen LogP contribution in [0.15, 0.2) is 121 Å². The summed E-state index contributed by atoms with van der Waals surface area (Å²) in [6.07, 6.45) is 0. The molecule has 0 aromatic heterocycles. The Balaban J connectivity index is 1.51. The second kappa shape index (κ2) is 8.37. The van der Waals surface area contributed by atoms with Crippen LogP contribution in [0.5, 0.6) is 5.75 Å². The van der Waals surface area contributed by atoms with Crippen molar-refractivity contribution in [1.29, 1.82) is 0 Å². The molecule has 0 amide bonds. The van der Waals surface area contributed by atoms with Crippen molar-refractivity contribution in [3.8, 4) is 16.9 Å². The average molecular weight is 402 g/mol. The van der Waals surface area contributed by atoms with Crippen LogP contribution in [-0.2, 0) is 0 Å². The van der Waals surface area contributed by atoms with E-state index in [1.807, 2.05) is 18.2 Å². The minimum absolute atomic E-state index is 0.881. The largest absolute Gasteiger partial charge is 0.497 e. The Morgan fingerprint density at radius 2 is 1.00 bits per heavy atom. The number of benzene rings is 5. The lowest BCUT2D eigenvalue weighted by Gasteiger charge is -2.25. The van der Waals surface area contributed by atoms with Gasteiger partial charge in [-0.3, -0.25) is 0 Å². The van der Waals surface area contributed by atoms with E-state index in [0.29, 0.717) is 0 Å². The number of ether oxygens (including phenoxy) is 1. The molecule has 0 atom stereocenters. The normalized spacial score (nSPS) is 10.7. The summed E-state index contributed by atoms with van der Waals surface area (Å²) in [5.41, 5.74) is 5.81. The maximum Gasteiger partial charge on any atom is 0.119 e. The van der Waals surface area contributed by atoms with Gasteiger partial charge in [0.1, 0.15) is 5.75 Å². The predicted octanol–water partition coefficient (Wildman–Crippen LogP) is 7.99. The van der Waals surface area contributed by atoms with E-state index in [0.717, 1.165) is 22.8 Å². The Bertz CT molecular complexity index is 1260. The second-order valence-corrected chi connectivity index (χ2v) is 7.48. The first-order valence-corrected chi connectivity index (χ1v) is 10.4. The molecule has 31 heavy (non-hydrogen) atoms. The van der Waals surface area contributed by atoms with Gasteiger partial charge in [0, 0.05) is 17.1 Å². The lowest BCUT2D eigenvalue weighted by atomic mass is 10.0. The van der Waals surface area contributed by atoms with Gasteiger partial charge < -0.3 is 9.64 Å². The number of nitrogens with zero attached hydrogens (tertiary/aromatic N) is 1. The van der Waals surface area contributed by atoms with Crippen molar-refractivity contribution in [1.82, 2.24) is 0 Å². The summed E-state index contributed by atoms with van der Waals surface area (Å²) in [4.78, 5) is 2.27. The van der Waals surface area contributed by atoms with E-state index < -0.39 is 0 Å². The van der Waals surface area contributed by atoms with E-state index in [-0.39, 0.29) is 0 Å². The van der Waals surface area contributed by atoms with Crippen LogP contribution in [0.3, 0.4) is 0 Å². The Hall–Kier alpha value is -4.04. The Morgan fingerprint density at radius 1 is 0.484 bits per heavy atom. The van der Waals surface area contributed by atoms with E-state index in [1.54, 1.807) is 7.11 Å². The van der Waals surface area contributed by atoms with E-state index in [2.05, 4.69) is 108 Å². The molecule has 2 nitrogen and oxygen atoms in total. The zero-order valence-corrected chi connectivity index (χ0v) is 17.4. The number of anilines is 3. The highest BCUT2D eigenvalue weighted by Gasteiger charge is 2.12. The summed E-state index contributed by atoms with van der Waals surface area (Å²) in [5.74, 6) is 0.881. The molecule has 0 aliphatic carbocycles. The maximum absolute atomic E-state index is 5.34. The third kappa shape index (κ3) is 3.88. The van der Waals surface area contributed by atoms with E-state index >= 15 is 0 Å². The Kier molecular flexibility index (Phi) is 5.12. The molecular formula is C29H23NO. The fourth-order valence-corrected chi connectivity index (χ4v) is 3.93. The fourth-order valence-electron chi connectivity index (χ4n) is 3.93. The second-order valence-electron chi connectivity index (χ2n) is 7.48. The lowest BCUT2D eigenvalue weighted by molar-refractivity contribution is 0.415. The van der Waals surface area contributed by atoms with E-state index in [9.17, 15) is 0 Å². The molecule has 0 unspecified atom stereocenters. The van der Waals surface area contributed by atoms with Crippen molar-refractivity contribution in [2.75, 3.05) is 12.0 Å². The molecule has 5 aromatic carbocycles. The van der Waals surface area contributed by atoms with Crippen LogP contribution in [0.4, 0.5) is 17.1 Å². The van der Waals surface area contributed by atoms with Crippen molar-refractivity contribution in [2.24, 2.45) is 0 Å². The maximum atomic E-state index is 5.34. The van der Waals surface area contributed by atoms with Crippen LogP contribution in [0.25, 0.3) is 21.9 Å². The first-order chi connectivity index (χ1) is 15.3. The topological polar surface area (TPSA) is 12.5 Å². The Morgan fingerprint density at radius 3 is 1.61 bits per heavy atom. The minimum Gasteiger partial charge on any atom is -0.497 e. The predicted molar refractivity (Wildman–Crippen MR) is 131 cm³/mol. The summed E-state index contributed by atoms with van der Waals surface area (Å²) in [7, 11) is 1.70. The summed E-state index contributed by atoms with van der Waals surface area (Å²) in [5, 5.41) is 2.39. The van der Waals surface area contributed by atoms with Crippen molar-refractivity contribution in [3.63, 3.8) is 0 Å². The molecule has 150 valence electrons. The van der Waals surface area contributed by atoms with Gasteiger partial charge in [-0.05, 0) is 76.5 Å². The van der Waals surface area contributed by atoms with Gasteiger partial charge in [-0.2, -0.15) is 0 Å². The number of methoxy groups -OCH3 is 1. The highest BCUT2D eigenvalue weighted by Crippen LogP contribution is 2.35. The molecule has 0 fully saturated rings. The van der Waals surface area contributed by atoms with E-state index in [1.165, 1.54) is 21.9 Å². The zero-order valence-electron chi connectivity index (χ0n) is 17.4. The molecule has 0 spiro atoms. The van der Waals surface area contributed by atoms with Crippen molar-refractivity contribution >= 4 is 27.8 Å². The van der Waals surface area contributed by atoms with Gasteiger partial charge in [-0.15, -0.1) is 0 Å². The molecular weight excluding hydrogens is 378 g/mol. The van der Waals surface area contributed by atoms with Crippen molar-refractivity contribution in [3.05, 3.63) is 121 Å². The summed E-state index contributed by atoms with van der Waals surface area (Å²) < 4.78 is 5.34. The first-order valence-electron chi connectivity index (χ1n) is 10.4. The van der Waals surface area contributed by atoms with Crippen LogP contribution in [0.2, 0.25) is 0 Å². The third-order valence-corrected chi connectivity index (χ3v) is 5.54. The van der Waals surface area contributed by atoms with Crippen LogP contribution in [0, 0.1) is 0 Å². The molecule has 0 bridgehead atoms. The zero-order chi connectivity index (χ0) is 21.0. The van der Waals surface area contributed by atoms with Gasteiger partial charge in [-0.1, -0.05) is 66.7 Å². The average Bonchev–Trinajstić information content (AvgIpc) is 2.85. The molecule has 0 N–H and O–H groups in total. The molecule has 0 heterocycles. The minimum atomic E-state index is 0.881. The summed E-state index contributed by atoms with van der Waals surface area (Å²) in [6, 6.07) is 42.4. The molecule has 0 radical (unpaired) electrons. The van der Waals surface area contributed by atoms with Crippen LogP contribution >= 0.6 is 0 Å². The van der Waals surface area contributed by atoms with Crippen molar-refractivity contribution in [2.45, 2.75) is 0 Å². The van der Waals surface area contributed by atoms with Crippen LogP contribution < -0.4 is 9.64 Å². The highest BCUT2D eigenvalue weighted by atomic mass is 16.5. The molecule has 5 aromatic rings. The molecule has 0 aliphatic heterocycles. The number of hydrogen-bond acceptors (Lipinski definition) is 2. The highest BCUT2D eigenvalue weighted by molar-refractivity contribution is 5.89. The van der Waals surface area contributed by atoms with Gasteiger partial charge in [0.2, 0.25) is 0 Å². The lowest BCUT2D eigenvalue weighted by Crippen LogP contribution is -2.09. The third-order valence-electron chi connectivity index (χ3n) is 5.54. The molecule has 0 aliphatic rings. The van der Waals surface area contributed by atoms with Gasteiger partial charge in [-0.25, -0.2) is 0 Å². The SMILES string of the molecule is COc1ccc2cc(-c3ccc(N(c4ccccc4)c4ccccc4)cc3)ccc2c1. The van der Waals surface area contributed by atoms with Gasteiger partial charge in [0.05, 0.1) is 7.11 Å². The fraction of sp³-hybridized carbons (Fsp3) is 0.0345. The van der Waals surface area contributed by atoms with Gasteiger partial charge >= 0.3 is 0 Å². The summed E-state index contributed by atoms with van der Waals surface area (Å²) in [6.45, 7) is 0. The first kappa shape index (κ1) is 19.0. The standard InChI is InChI=1S/C29H23NO/c1-31-29-19-16-24-20-23(12-13-25(24)21-29)22-14-17-28(18-15-22)30(26-8-4-2-5-9-26)27-10-6-3-7-11-27/h2-21H,1H3. The number of para-hydroxylation sites is 2. The van der Waals surface area contributed by atoms with Gasteiger partial charge in [0.15, 0.2) is 0 Å². The number of rotatable bonds is 5. The number of hydrogen-bond donors (Lipinski definition) is 0. The van der Waals surface area contributed by atoms with Crippen LogP contribution in [-0.4, -0.2) is 7.11 Å². The Labute approximate surface area is 183 Å². The quantitative estimate of drug-likeness (QED) is 0.296. The molecule has 0 saturated heterocycles. The van der Waals surface area contributed by atoms with Gasteiger partial charge in [0.25, 0.3) is 0 Å². The molecule has 5 rings (SSSR count). The molecule has 0 saturated carbocycles. The monoisotopic (exact) mass is 401 g/mol.